The van der Waals surface area contributed by atoms with E-state index >= 15 is 0 Å². The first-order valence-corrected chi connectivity index (χ1v) is 16.4. The molecule has 0 saturated carbocycles. The van der Waals surface area contributed by atoms with Crippen LogP contribution in [0.1, 0.15) is 11.5 Å². The molecule has 6 nitrogen and oxygen atoms in total. The van der Waals surface area contributed by atoms with Crippen LogP contribution < -0.4 is 0 Å². The molecule has 1 aliphatic carbocycles. The predicted molar refractivity (Wildman–Crippen MR) is 133 cm³/mol. The van der Waals surface area contributed by atoms with Crippen LogP contribution >= 0.6 is 0 Å². The maximum Gasteiger partial charge on any atom is 0 e. The molecule has 1 aromatic carbocycles. The van der Waals surface area contributed by atoms with Gasteiger partial charge >= 0.3 is 56.5 Å². The van der Waals surface area contributed by atoms with Crippen LogP contribution in [0.25, 0.3) is 0 Å². The number of methoxy groups -OCH3 is 1. The standard InChI is InChI=1S/C20H30OSi2.5CO.CH3.Cr/c1-21-17-13-18(22(2,3)4)15-20(23(5,6)7)19(14-17)16-11-9-8-10-12-16;5*1-2;;/h8-15,19H,1-7H3;;;;;;1H3;/q;;;;;;-1;/t19-;;;;;;;/m0......./s1. The van der Waals surface area contributed by atoms with Gasteiger partial charge in [0.2, 0.25) is 0 Å². The first-order valence-electron chi connectivity index (χ1n) is 9.40. The van der Waals surface area contributed by atoms with E-state index in [0.29, 0.717) is 5.92 Å². The van der Waals surface area contributed by atoms with Crippen molar-refractivity contribution < 1.29 is 45.4 Å². The zero-order chi connectivity index (χ0) is 27.3. The third kappa shape index (κ3) is 17.9. The van der Waals surface area contributed by atoms with Crippen LogP contribution in [0.2, 0.25) is 39.3 Å². The average Bonchev–Trinajstić information content (AvgIpc) is 3.06. The summed E-state index contributed by atoms with van der Waals surface area (Å²) in [6.45, 7) is 37.1. The van der Waals surface area contributed by atoms with Crippen molar-refractivity contribution in [3.05, 3.63) is 111 Å². The third-order valence-corrected chi connectivity index (χ3v) is 8.61. The second kappa shape index (κ2) is 26.5. The smallest absolute Gasteiger partial charge is 0 e. The molecule has 0 bridgehead atoms. The second-order valence-electron chi connectivity index (χ2n) is 8.36. The van der Waals surface area contributed by atoms with Crippen molar-refractivity contribution in [2.45, 2.75) is 45.2 Å². The van der Waals surface area contributed by atoms with Crippen LogP contribution in [0, 0.1) is 40.7 Å². The van der Waals surface area contributed by atoms with Crippen molar-refractivity contribution in [2.24, 2.45) is 0 Å². The van der Waals surface area contributed by atoms with Gasteiger partial charge in [0.25, 0.3) is 0 Å². The number of hydrogen-bond donors (Lipinski definition) is 0. The fraction of sp³-hybridized carbons (Fsp3) is 0.308. The molecule has 0 heterocycles. The van der Waals surface area contributed by atoms with E-state index in [1.54, 1.807) is 12.3 Å². The minimum Gasteiger partial charge on any atom is -0.358 e. The SMILES string of the molecule is COC1=C[C@@H](c2ccccc2)C([Si](C)(C)C)=CC([Si](C)(C)C)=C1.[C-]#[O+].[C-]#[O+].[C-]#[O+].[C-]#[O+].[C-]#[O+].[CH3-].[Cr]. The molecular formula is C26H33CrO6Si2-. The fourth-order valence-electron chi connectivity index (χ4n) is 2.93. The summed E-state index contributed by atoms with van der Waals surface area (Å²) in [5, 5.41) is 3.09. The number of ether oxygens (including phenoxy) is 1. The normalized spacial score (nSPS) is 13.1. The van der Waals surface area contributed by atoms with Crippen molar-refractivity contribution in [3.63, 3.8) is 0 Å². The zero-order valence-electron chi connectivity index (χ0n) is 21.6. The molecule has 1 atom stereocenters. The van der Waals surface area contributed by atoms with Crippen LogP contribution in [-0.4, -0.2) is 23.3 Å². The molecule has 0 amide bonds. The predicted octanol–water partition coefficient (Wildman–Crippen LogP) is 6.18. The summed E-state index contributed by atoms with van der Waals surface area (Å²) in [5.74, 6) is 1.32. The molecule has 2 rings (SSSR count). The molecule has 1 aliphatic rings. The zero-order valence-corrected chi connectivity index (χ0v) is 24.8. The van der Waals surface area contributed by atoms with Gasteiger partial charge in [0.1, 0.15) is 5.76 Å². The summed E-state index contributed by atoms with van der Waals surface area (Å²) < 4.78 is 43.2. The van der Waals surface area contributed by atoms with E-state index in [0.717, 1.165) is 5.76 Å². The van der Waals surface area contributed by atoms with Crippen LogP contribution in [0.4, 0.5) is 0 Å². The van der Waals surface area contributed by atoms with E-state index in [-0.39, 0.29) is 24.8 Å². The van der Waals surface area contributed by atoms with E-state index in [4.69, 9.17) is 28.0 Å². The molecule has 0 saturated heterocycles. The van der Waals surface area contributed by atoms with Crippen molar-refractivity contribution in [2.75, 3.05) is 7.11 Å². The van der Waals surface area contributed by atoms with E-state index < -0.39 is 16.1 Å². The van der Waals surface area contributed by atoms with Gasteiger partial charge in [-0.25, -0.2) is 0 Å². The Morgan fingerprint density at radius 1 is 0.686 bits per heavy atom. The minimum atomic E-state index is -1.46. The minimum absolute atomic E-state index is 0. The van der Waals surface area contributed by atoms with Gasteiger partial charge in [0.05, 0.1) is 23.3 Å². The number of hydrogen-bond acceptors (Lipinski definition) is 1. The Bertz CT molecular complexity index is 831. The Balaban J connectivity index is -0.000000156. The Morgan fingerprint density at radius 3 is 1.40 bits per heavy atom. The molecular weight excluding hydrogens is 516 g/mol. The second-order valence-corrected chi connectivity index (χ2v) is 18.5. The number of benzene rings is 1. The van der Waals surface area contributed by atoms with Crippen LogP contribution in [0.15, 0.2) is 64.7 Å². The van der Waals surface area contributed by atoms with Gasteiger partial charge in [-0.05, 0) is 17.7 Å². The van der Waals surface area contributed by atoms with E-state index in [2.05, 4.69) is 121 Å². The van der Waals surface area contributed by atoms with E-state index in [1.165, 1.54) is 10.8 Å². The van der Waals surface area contributed by atoms with Gasteiger partial charge in [0, 0.05) is 23.3 Å². The number of allylic oxidation sites excluding steroid dienone is 5. The van der Waals surface area contributed by atoms with E-state index in [9.17, 15) is 0 Å². The Morgan fingerprint density at radius 2 is 1.09 bits per heavy atom. The first-order chi connectivity index (χ1) is 15.6. The van der Waals surface area contributed by atoms with Crippen LogP contribution in [-0.2, 0) is 45.4 Å². The van der Waals surface area contributed by atoms with Gasteiger partial charge in [-0.15, -0.1) is 0 Å². The molecule has 0 radical (unpaired) electrons. The summed E-state index contributed by atoms with van der Waals surface area (Å²) in [4.78, 5) is 0. The molecule has 1 aromatic rings. The van der Waals surface area contributed by atoms with Gasteiger partial charge in [0.15, 0.2) is 0 Å². The molecule has 35 heavy (non-hydrogen) atoms. The Kier molecular flexibility index (Phi) is 35.0. The molecule has 0 unspecified atom stereocenters. The Labute approximate surface area is 224 Å². The van der Waals surface area contributed by atoms with Crippen molar-refractivity contribution in [3.8, 4) is 0 Å². The molecule has 0 fully saturated rings. The first kappa shape index (κ1) is 46.3. The summed E-state index contributed by atoms with van der Waals surface area (Å²) in [5.41, 5.74) is 1.36. The molecule has 0 N–H and O–H groups in total. The Hall–Kier alpha value is -2.09. The molecule has 0 aromatic heterocycles. The quantitative estimate of drug-likeness (QED) is 0.249. The molecule has 0 aliphatic heterocycles. The van der Waals surface area contributed by atoms with Gasteiger partial charge < -0.3 is 12.2 Å². The summed E-state index contributed by atoms with van der Waals surface area (Å²) in [7, 11) is -1.08. The van der Waals surface area contributed by atoms with Crippen molar-refractivity contribution in [1.82, 2.24) is 0 Å². The van der Waals surface area contributed by atoms with Crippen LogP contribution in [0.3, 0.4) is 0 Å². The third-order valence-electron chi connectivity index (χ3n) is 4.40. The molecule has 9 heteroatoms. The molecule has 0 spiro atoms. The van der Waals surface area contributed by atoms with Gasteiger partial charge in [-0.3, -0.25) is 0 Å². The topological polar surface area (TPSA) is 109 Å². The largest absolute Gasteiger partial charge is 0.358 e. The summed E-state index contributed by atoms with van der Waals surface area (Å²) >= 11 is 0. The van der Waals surface area contributed by atoms with Crippen LogP contribution in [0.5, 0.6) is 0 Å². The average molecular weight is 550 g/mol. The van der Waals surface area contributed by atoms with E-state index in [1.807, 2.05) is 0 Å². The molecule has 188 valence electrons. The summed E-state index contributed by atoms with van der Waals surface area (Å²) in [6, 6.07) is 10.8. The maximum absolute atomic E-state index is 7.50. The summed E-state index contributed by atoms with van der Waals surface area (Å²) in [6.07, 6.45) is 7.10. The monoisotopic (exact) mass is 549 g/mol. The maximum atomic E-state index is 7.50. The fourth-order valence-corrected chi connectivity index (χ4v) is 6.01. The van der Waals surface area contributed by atoms with Gasteiger partial charge in [-0.1, -0.05) is 86.1 Å². The van der Waals surface area contributed by atoms with Gasteiger partial charge in [-0.2, -0.15) is 0 Å². The van der Waals surface area contributed by atoms with Crippen molar-refractivity contribution >= 4 is 16.1 Å². The van der Waals surface area contributed by atoms with Crippen molar-refractivity contribution in [1.29, 1.82) is 0 Å². The number of rotatable bonds is 4.